The lowest BCUT2D eigenvalue weighted by molar-refractivity contribution is -0.137. The van der Waals surface area contributed by atoms with Crippen LogP contribution in [0.5, 0.6) is 0 Å². The molecule has 0 spiro atoms. The van der Waals surface area contributed by atoms with Gasteiger partial charge in [-0.25, -0.2) is 4.79 Å². The van der Waals surface area contributed by atoms with Gasteiger partial charge in [-0.05, 0) is 61.8 Å². The summed E-state index contributed by atoms with van der Waals surface area (Å²) in [6, 6.07) is 3.33. The minimum atomic E-state index is -1.07. The zero-order valence-corrected chi connectivity index (χ0v) is 21.2. The van der Waals surface area contributed by atoms with Gasteiger partial charge in [0.1, 0.15) is 0 Å². The first-order chi connectivity index (χ1) is 14.1. The molecule has 1 aromatic rings. The van der Waals surface area contributed by atoms with E-state index in [2.05, 4.69) is 19.2 Å². The highest BCUT2D eigenvalue weighted by Gasteiger charge is 2.42. The SMILES string of the molecule is CSC(Cc1cc(Cl)c(Cl)cc1NC(=O)C1(CCC(C)C)CCCC1)(SC)C(=O)O. The van der Waals surface area contributed by atoms with Gasteiger partial charge in [0.15, 0.2) is 4.08 Å². The molecule has 1 saturated carbocycles. The summed E-state index contributed by atoms with van der Waals surface area (Å²) in [4.78, 5) is 25.4. The van der Waals surface area contributed by atoms with Gasteiger partial charge in [0.25, 0.3) is 0 Å². The quantitative estimate of drug-likeness (QED) is 0.345. The van der Waals surface area contributed by atoms with Crippen LogP contribution in [0.1, 0.15) is 57.9 Å². The molecule has 0 saturated heterocycles. The molecule has 8 heteroatoms. The third kappa shape index (κ3) is 5.81. The average Bonchev–Trinajstić information content (AvgIpc) is 3.18. The van der Waals surface area contributed by atoms with E-state index in [1.54, 1.807) is 24.6 Å². The van der Waals surface area contributed by atoms with Crippen LogP contribution in [0.2, 0.25) is 10.0 Å². The molecular formula is C22H31Cl2NO3S2. The number of benzene rings is 1. The van der Waals surface area contributed by atoms with Crippen molar-refractivity contribution >= 4 is 64.3 Å². The van der Waals surface area contributed by atoms with Crippen molar-refractivity contribution in [1.82, 2.24) is 0 Å². The van der Waals surface area contributed by atoms with Crippen LogP contribution in [0.3, 0.4) is 0 Å². The molecule has 0 heterocycles. The number of nitrogens with one attached hydrogen (secondary N) is 1. The Kier molecular flexibility index (Phi) is 9.29. The number of carbonyl (C=O) groups excluding carboxylic acids is 1. The van der Waals surface area contributed by atoms with E-state index in [-0.39, 0.29) is 17.7 Å². The summed E-state index contributed by atoms with van der Waals surface area (Å²) in [5.41, 5.74) is 0.871. The summed E-state index contributed by atoms with van der Waals surface area (Å²) >= 11 is 15.0. The summed E-state index contributed by atoms with van der Waals surface area (Å²) in [5, 5.41) is 13.6. The maximum Gasteiger partial charge on any atom is 0.330 e. The second kappa shape index (κ2) is 10.8. The maximum absolute atomic E-state index is 13.4. The van der Waals surface area contributed by atoms with Gasteiger partial charge in [-0.15, -0.1) is 23.5 Å². The predicted molar refractivity (Wildman–Crippen MR) is 131 cm³/mol. The van der Waals surface area contributed by atoms with Crippen molar-refractivity contribution in [3.05, 3.63) is 27.7 Å². The van der Waals surface area contributed by atoms with E-state index in [0.717, 1.165) is 38.5 Å². The first-order valence-electron chi connectivity index (χ1n) is 10.2. The molecule has 0 atom stereocenters. The van der Waals surface area contributed by atoms with Crippen LogP contribution in [0.15, 0.2) is 12.1 Å². The Balaban J connectivity index is 2.37. The molecule has 1 fully saturated rings. The van der Waals surface area contributed by atoms with Gasteiger partial charge >= 0.3 is 5.97 Å². The molecule has 2 N–H and O–H groups in total. The Morgan fingerprint density at radius 2 is 1.73 bits per heavy atom. The number of rotatable bonds is 10. The van der Waals surface area contributed by atoms with Crippen molar-refractivity contribution in [3.63, 3.8) is 0 Å². The molecule has 1 aromatic carbocycles. The Morgan fingerprint density at radius 3 is 2.23 bits per heavy atom. The number of anilines is 1. The fraction of sp³-hybridized carbons (Fsp3) is 0.636. The number of carboxylic acid groups (broad SMARTS) is 1. The van der Waals surface area contributed by atoms with E-state index in [9.17, 15) is 14.7 Å². The maximum atomic E-state index is 13.4. The standard InChI is InChI=1S/C22H31Cl2NO3S2/c1-14(2)7-10-21(8-5-6-9-21)19(26)25-18-12-17(24)16(23)11-15(18)13-22(29-3,30-4)20(27)28/h11-12,14H,5-10,13H2,1-4H3,(H,25,26)(H,27,28). The van der Waals surface area contributed by atoms with Gasteiger partial charge in [-0.3, -0.25) is 4.79 Å². The summed E-state index contributed by atoms with van der Waals surface area (Å²) in [6.45, 7) is 4.35. The lowest BCUT2D eigenvalue weighted by Gasteiger charge is -2.30. The van der Waals surface area contributed by atoms with Crippen molar-refractivity contribution in [1.29, 1.82) is 0 Å². The molecule has 30 heavy (non-hydrogen) atoms. The normalized spacial score (nSPS) is 16.1. The third-order valence-electron chi connectivity index (χ3n) is 6.05. The fourth-order valence-electron chi connectivity index (χ4n) is 4.04. The molecule has 4 nitrogen and oxygen atoms in total. The van der Waals surface area contributed by atoms with Crippen LogP contribution >= 0.6 is 46.7 Å². The third-order valence-corrected chi connectivity index (χ3v) is 9.72. The van der Waals surface area contributed by atoms with Gasteiger partial charge < -0.3 is 10.4 Å². The van der Waals surface area contributed by atoms with Crippen LogP contribution in [0, 0.1) is 11.3 Å². The van der Waals surface area contributed by atoms with Crippen LogP contribution in [0.4, 0.5) is 5.69 Å². The van der Waals surface area contributed by atoms with Crippen LogP contribution in [-0.4, -0.2) is 33.6 Å². The van der Waals surface area contributed by atoms with E-state index < -0.39 is 10.0 Å². The molecule has 2 rings (SSSR count). The fourth-order valence-corrected chi connectivity index (χ4v) is 6.01. The minimum Gasteiger partial charge on any atom is -0.480 e. The van der Waals surface area contributed by atoms with Crippen molar-refractivity contribution in [2.45, 2.75) is 62.9 Å². The molecule has 1 aliphatic carbocycles. The number of hydrogen-bond donors (Lipinski definition) is 2. The topological polar surface area (TPSA) is 66.4 Å². The molecule has 1 amide bonds. The van der Waals surface area contributed by atoms with E-state index in [0.29, 0.717) is 27.2 Å². The highest BCUT2D eigenvalue weighted by atomic mass is 35.5. The Morgan fingerprint density at radius 1 is 1.17 bits per heavy atom. The number of amides is 1. The molecule has 0 unspecified atom stereocenters. The minimum absolute atomic E-state index is 0.00881. The van der Waals surface area contributed by atoms with Gasteiger partial charge in [-0.1, -0.05) is 49.9 Å². The van der Waals surface area contributed by atoms with Gasteiger partial charge in [-0.2, -0.15) is 0 Å². The average molecular weight is 493 g/mol. The second-order valence-electron chi connectivity index (χ2n) is 8.44. The highest BCUT2D eigenvalue weighted by Crippen LogP contribution is 2.45. The first-order valence-corrected chi connectivity index (χ1v) is 13.4. The van der Waals surface area contributed by atoms with E-state index in [1.807, 2.05) is 0 Å². The Labute approximate surface area is 198 Å². The summed E-state index contributed by atoms with van der Waals surface area (Å²) in [5.74, 6) is -0.361. The summed E-state index contributed by atoms with van der Waals surface area (Å²) in [6.07, 6.45) is 9.52. The van der Waals surface area contributed by atoms with Gasteiger partial charge in [0, 0.05) is 17.5 Å². The number of halogens is 2. The smallest absolute Gasteiger partial charge is 0.330 e. The lowest BCUT2D eigenvalue weighted by Crippen LogP contribution is -2.36. The van der Waals surface area contributed by atoms with E-state index in [1.165, 1.54) is 23.5 Å². The molecule has 1 aliphatic rings. The Hall–Kier alpha value is -0.560. The van der Waals surface area contributed by atoms with Gasteiger partial charge in [0.05, 0.1) is 10.0 Å². The van der Waals surface area contributed by atoms with Gasteiger partial charge in [0.2, 0.25) is 5.91 Å². The van der Waals surface area contributed by atoms with Crippen LogP contribution < -0.4 is 5.32 Å². The summed E-state index contributed by atoms with van der Waals surface area (Å²) < 4.78 is -1.07. The number of thioether (sulfide) groups is 2. The van der Waals surface area contributed by atoms with E-state index in [4.69, 9.17) is 23.2 Å². The second-order valence-corrected chi connectivity index (χ2v) is 11.7. The number of carbonyl (C=O) groups is 2. The van der Waals surface area contributed by atoms with Crippen molar-refractivity contribution < 1.29 is 14.7 Å². The molecule has 0 bridgehead atoms. The van der Waals surface area contributed by atoms with E-state index >= 15 is 0 Å². The van der Waals surface area contributed by atoms with Crippen molar-refractivity contribution in [2.24, 2.45) is 11.3 Å². The predicted octanol–water partition coefficient (Wildman–Crippen LogP) is 6.98. The molecule has 0 aromatic heterocycles. The monoisotopic (exact) mass is 491 g/mol. The van der Waals surface area contributed by atoms with Crippen LogP contribution in [-0.2, 0) is 16.0 Å². The number of hydrogen-bond acceptors (Lipinski definition) is 4. The summed E-state index contributed by atoms with van der Waals surface area (Å²) in [7, 11) is 0. The highest BCUT2D eigenvalue weighted by molar-refractivity contribution is 8.18. The molecular weight excluding hydrogens is 461 g/mol. The first kappa shape index (κ1) is 25.7. The molecule has 0 radical (unpaired) electrons. The van der Waals surface area contributed by atoms with Crippen molar-refractivity contribution in [2.75, 3.05) is 17.8 Å². The number of carboxylic acids is 1. The Bertz CT molecular complexity index is 776. The van der Waals surface area contributed by atoms with Crippen molar-refractivity contribution in [3.8, 4) is 0 Å². The zero-order valence-electron chi connectivity index (χ0n) is 18.0. The zero-order chi connectivity index (χ0) is 22.5. The number of aliphatic carboxylic acids is 1. The molecule has 168 valence electrons. The molecule has 0 aliphatic heterocycles. The largest absolute Gasteiger partial charge is 0.480 e. The lowest BCUT2D eigenvalue weighted by atomic mass is 9.79. The van der Waals surface area contributed by atoms with Crippen LogP contribution in [0.25, 0.3) is 0 Å².